The van der Waals surface area contributed by atoms with E-state index in [1.54, 1.807) is 7.11 Å². The molecule has 0 amide bonds. The number of hydrogen-bond acceptors (Lipinski definition) is 4. The summed E-state index contributed by atoms with van der Waals surface area (Å²) in [6.07, 6.45) is 8.47. The number of hydroxylamine groups is 1. The Kier molecular flexibility index (Phi) is 3.68. The normalized spacial score (nSPS) is 47.5. The smallest absolute Gasteiger partial charge is 0.139 e. The Morgan fingerprint density at radius 1 is 1.12 bits per heavy atom. The van der Waals surface area contributed by atoms with Gasteiger partial charge in [0, 0.05) is 36.3 Å². The molecule has 0 saturated heterocycles. The molecule has 0 bridgehead atoms. The zero-order valence-corrected chi connectivity index (χ0v) is 15.1. The summed E-state index contributed by atoms with van der Waals surface area (Å²) < 4.78 is 0. The Morgan fingerprint density at radius 3 is 2.67 bits per heavy atom. The molecule has 0 aliphatic heterocycles. The van der Waals surface area contributed by atoms with Gasteiger partial charge in [-0.3, -0.25) is 19.9 Å². The third-order valence-electron chi connectivity index (χ3n) is 8.02. The molecule has 4 rings (SSSR count). The number of carbonyl (C=O) groups excluding carboxylic acids is 2. The van der Waals surface area contributed by atoms with Gasteiger partial charge in [-0.05, 0) is 48.9 Å². The first-order valence-electron chi connectivity index (χ1n) is 9.46. The predicted octanol–water partition coefficient (Wildman–Crippen LogP) is 3.42. The van der Waals surface area contributed by atoms with Gasteiger partial charge in [-0.25, -0.2) is 0 Å². The van der Waals surface area contributed by atoms with E-state index in [1.165, 1.54) is 0 Å². The SMILES string of the molecule is CONC1=CC2CC(=O)CC[C@]2(C)[C@H]2CC[C@]3(C)C(=O)CC[C@H]3[C@H]12. The third-order valence-corrected chi connectivity index (χ3v) is 8.02. The van der Waals surface area contributed by atoms with Crippen molar-refractivity contribution in [2.24, 2.45) is 34.5 Å². The first kappa shape index (κ1) is 16.3. The molecule has 6 atom stereocenters. The summed E-state index contributed by atoms with van der Waals surface area (Å²) >= 11 is 0. The Balaban J connectivity index is 1.78. The molecule has 1 N–H and O–H groups in total. The summed E-state index contributed by atoms with van der Waals surface area (Å²) in [6, 6.07) is 0. The lowest BCUT2D eigenvalue weighted by atomic mass is 9.46. The van der Waals surface area contributed by atoms with Crippen molar-refractivity contribution >= 4 is 11.6 Å². The van der Waals surface area contributed by atoms with E-state index in [1.807, 2.05) is 0 Å². The van der Waals surface area contributed by atoms with Gasteiger partial charge in [-0.15, -0.1) is 0 Å². The Labute approximate surface area is 144 Å². The second-order valence-corrected chi connectivity index (χ2v) is 8.94. The van der Waals surface area contributed by atoms with Crippen molar-refractivity contribution in [2.75, 3.05) is 7.11 Å². The monoisotopic (exact) mass is 331 g/mol. The molecule has 4 nitrogen and oxygen atoms in total. The Bertz CT molecular complexity index is 612. The molecular formula is C20H29NO3. The zero-order valence-electron chi connectivity index (χ0n) is 15.1. The lowest BCUT2D eigenvalue weighted by Crippen LogP contribution is -2.54. The van der Waals surface area contributed by atoms with Crippen LogP contribution >= 0.6 is 0 Å². The second kappa shape index (κ2) is 5.42. The van der Waals surface area contributed by atoms with Crippen LogP contribution in [0.25, 0.3) is 0 Å². The van der Waals surface area contributed by atoms with Crippen molar-refractivity contribution in [1.29, 1.82) is 0 Å². The van der Waals surface area contributed by atoms with Crippen molar-refractivity contribution in [1.82, 2.24) is 5.48 Å². The fraction of sp³-hybridized carbons (Fsp3) is 0.800. The summed E-state index contributed by atoms with van der Waals surface area (Å²) in [5.74, 6) is 2.47. The summed E-state index contributed by atoms with van der Waals surface area (Å²) in [5.41, 5.74) is 4.28. The van der Waals surface area contributed by atoms with Crippen molar-refractivity contribution in [3.05, 3.63) is 11.8 Å². The van der Waals surface area contributed by atoms with E-state index in [-0.39, 0.29) is 10.8 Å². The molecule has 4 aliphatic rings. The van der Waals surface area contributed by atoms with Gasteiger partial charge in [0.05, 0.1) is 7.11 Å². The van der Waals surface area contributed by atoms with Crippen LogP contribution in [0, 0.1) is 34.5 Å². The van der Waals surface area contributed by atoms with Crippen LogP contribution < -0.4 is 5.48 Å². The molecule has 0 aromatic rings. The minimum atomic E-state index is -0.163. The molecule has 3 fully saturated rings. The molecule has 0 spiro atoms. The average molecular weight is 331 g/mol. The summed E-state index contributed by atoms with van der Waals surface area (Å²) in [6.45, 7) is 4.58. The molecule has 4 heteroatoms. The van der Waals surface area contributed by atoms with Gasteiger partial charge in [0.1, 0.15) is 11.6 Å². The molecule has 0 aromatic carbocycles. The zero-order chi connectivity index (χ0) is 17.1. The molecule has 1 unspecified atom stereocenters. The maximum absolute atomic E-state index is 12.6. The number of Topliss-reactive ketones (excluding diaryl/α,β-unsaturated/α-hetero) is 2. The Hall–Kier alpha value is -1.16. The average Bonchev–Trinajstić information content (AvgIpc) is 2.85. The Morgan fingerprint density at radius 2 is 1.92 bits per heavy atom. The fourth-order valence-electron chi connectivity index (χ4n) is 6.52. The minimum Gasteiger partial charge on any atom is -0.300 e. The van der Waals surface area contributed by atoms with Gasteiger partial charge in [0.15, 0.2) is 0 Å². The molecule has 132 valence electrons. The standard InChI is InChI=1S/C20H29NO3/c1-19-8-6-13(22)10-12(19)11-16(21-24-3)18-14-4-5-17(23)20(14,2)9-7-15(18)19/h11-12,14-15,18,21H,4-10H2,1-3H3/t12?,14-,15-,18-,19-,20-/m0/s1. The van der Waals surface area contributed by atoms with Crippen molar-refractivity contribution in [3.8, 4) is 0 Å². The highest BCUT2D eigenvalue weighted by molar-refractivity contribution is 5.87. The first-order valence-corrected chi connectivity index (χ1v) is 9.46. The van der Waals surface area contributed by atoms with Crippen LogP contribution in [-0.2, 0) is 14.4 Å². The molecular weight excluding hydrogens is 302 g/mol. The van der Waals surface area contributed by atoms with Crippen molar-refractivity contribution < 1.29 is 14.4 Å². The highest BCUT2D eigenvalue weighted by Crippen LogP contribution is 2.64. The van der Waals surface area contributed by atoms with Gasteiger partial charge < -0.3 is 0 Å². The number of hydrogen-bond donors (Lipinski definition) is 1. The number of carbonyl (C=O) groups is 2. The predicted molar refractivity (Wildman–Crippen MR) is 90.7 cm³/mol. The van der Waals surface area contributed by atoms with Crippen LogP contribution in [-0.4, -0.2) is 18.7 Å². The molecule has 24 heavy (non-hydrogen) atoms. The lowest BCUT2D eigenvalue weighted by Gasteiger charge is -2.58. The van der Waals surface area contributed by atoms with Crippen LogP contribution in [0.15, 0.2) is 11.8 Å². The summed E-state index contributed by atoms with van der Waals surface area (Å²) in [5, 5.41) is 0. The van der Waals surface area contributed by atoms with Gasteiger partial charge in [-0.1, -0.05) is 19.9 Å². The van der Waals surface area contributed by atoms with E-state index in [2.05, 4.69) is 25.4 Å². The number of allylic oxidation sites excluding steroid dienone is 2. The van der Waals surface area contributed by atoms with Crippen LogP contribution in [0.4, 0.5) is 0 Å². The number of fused-ring (bicyclic) bond motifs is 5. The molecule has 0 heterocycles. The van der Waals surface area contributed by atoms with E-state index in [0.717, 1.165) is 44.2 Å². The van der Waals surface area contributed by atoms with Gasteiger partial charge in [0.25, 0.3) is 0 Å². The molecule has 4 aliphatic carbocycles. The van der Waals surface area contributed by atoms with E-state index in [4.69, 9.17) is 4.84 Å². The number of ketones is 2. The van der Waals surface area contributed by atoms with Crippen molar-refractivity contribution in [2.45, 2.75) is 58.8 Å². The van der Waals surface area contributed by atoms with Crippen molar-refractivity contribution in [3.63, 3.8) is 0 Å². The largest absolute Gasteiger partial charge is 0.300 e. The summed E-state index contributed by atoms with van der Waals surface area (Å²) in [4.78, 5) is 29.9. The van der Waals surface area contributed by atoms with Gasteiger partial charge in [0.2, 0.25) is 0 Å². The first-order chi connectivity index (χ1) is 11.4. The highest BCUT2D eigenvalue weighted by atomic mass is 16.6. The second-order valence-electron chi connectivity index (χ2n) is 8.94. The third kappa shape index (κ3) is 2.08. The fourth-order valence-corrected chi connectivity index (χ4v) is 6.52. The topological polar surface area (TPSA) is 55.4 Å². The van der Waals surface area contributed by atoms with E-state index >= 15 is 0 Å². The lowest BCUT2D eigenvalue weighted by molar-refractivity contribution is -0.136. The minimum absolute atomic E-state index is 0.163. The maximum atomic E-state index is 12.6. The van der Waals surface area contributed by atoms with E-state index in [0.29, 0.717) is 41.7 Å². The van der Waals surface area contributed by atoms with E-state index in [9.17, 15) is 9.59 Å². The van der Waals surface area contributed by atoms with Crippen LogP contribution in [0.2, 0.25) is 0 Å². The van der Waals surface area contributed by atoms with Crippen LogP contribution in [0.3, 0.4) is 0 Å². The number of nitrogens with one attached hydrogen (secondary N) is 1. The molecule has 0 aromatic heterocycles. The van der Waals surface area contributed by atoms with Gasteiger partial charge >= 0.3 is 0 Å². The van der Waals surface area contributed by atoms with Gasteiger partial charge in [-0.2, -0.15) is 0 Å². The van der Waals surface area contributed by atoms with Crippen LogP contribution in [0.5, 0.6) is 0 Å². The van der Waals surface area contributed by atoms with E-state index < -0.39 is 0 Å². The quantitative estimate of drug-likeness (QED) is 0.788. The number of rotatable bonds is 2. The molecule has 3 saturated carbocycles. The molecule has 0 radical (unpaired) electrons. The van der Waals surface area contributed by atoms with Crippen LogP contribution in [0.1, 0.15) is 58.8 Å². The maximum Gasteiger partial charge on any atom is 0.139 e. The summed E-state index contributed by atoms with van der Waals surface area (Å²) in [7, 11) is 1.65. The highest BCUT2D eigenvalue weighted by Gasteiger charge is 2.61.